The van der Waals surface area contributed by atoms with E-state index in [9.17, 15) is 4.79 Å². The van der Waals surface area contributed by atoms with Gasteiger partial charge in [-0.25, -0.2) is 0 Å². The molecule has 6 nitrogen and oxygen atoms in total. The summed E-state index contributed by atoms with van der Waals surface area (Å²) in [4.78, 5) is 17.1. The summed E-state index contributed by atoms with van der Waals surface area (Å²) in [7, 11) is 0. The number of anilines is 1. The summed E-state index contributed by atoms with van der Waals surface area (Å²) < 4.78 is 5.31. The summed E-state index contributed by atoms with van der Waals surface area (Å²) >= 11 is 1.35. The lowest BCUT2D eigenvalue weighted by Gasteiger charge is -2.29. The van der Waals surface area contributed by atoms with Crippen LogP contribution in [0, 0.1) is 11.3 Å². The molecule has 0 spiro atoms. The van der Waals surface area contributed by atoms with Gasteiger partial charge in [-0.2, -0.15) is 5.26 Å². The average Bonchev–Trinajstić information content (AvgIpc) is 2.94. The van der Waals surface area contributed by atoms with E-state index in [0.29, 0.717) is 30.1 Å². The molecular weight excluding hydrogens is 288 g/mol. The first kappa shape index (κ1) is 15.8. The van der Waals surface area contributed by atoms with Gasteiger partial charge < -0.3 is 15.4 Å². The van der Waals surface area contributed by atoms with Gasteiger partial charge in [0, 0.05) is 32.7 Å². The molecule has 114 valence electrons. The number of hydrogen-bond donors (Lipinski definition) is 1. The van der Waals surface area contributed by atoms with Crippen molar-refractivity contribution in [2.24, 2.45) is 0 Å². The van der Waals surface area contributed by atoms with Crippen molar-refractivity contribution in [1.82, 2.24) is 9.80 Å². The normalized spacial score (nSPS) is 15.6. The van der Waals surface area contributed by atoms with Crippen LogP contribution in [-0.2, 0) is 4.74 Å². The standard InChI is InChI=1S/C14H20N4O2S/c15-3-1-4-18(6-5-17-7-9-20-10-8-17)14(19)13-12(16)2-11-21-13/h2,11H,1,4-10,16H2. The summed E-state index contributed by atoms with van der Waals surface area (Å²) in [6, 6.07) is 3.83. The zero-order chi connectivity index (χ0) is 15.1. The maximum atomic E-state index is 12.5. The predicted octanol–water partition coefficient (Wildman–Crippen LogP) is 1.02. The van der Waals surface area contributed by atoms with E-state index < -0.39 is 0 Å². The highest BCUT2D eigenvalue weighted by Gasteiger charge is 2.20. The molecule has 1 aromatic heterocycles. The second-order valence-corrected chi connectivity index (χ2v) is 5.78. The van der Waals surface area contributed by atoms with Crippen LogP contribution in [0.2, 0.25) is 0 Å². The molecule has 0 aliphatic carbocycles. The molecule has 1 aliphatic rings. The lowest BCUT2D eigenvalue weighted by Crippen LogP contribution is -2.43. The number of nitriles is 1. The van der Waals surface area contributed by atoms with E-state index in [1.165, 1.54) is 11.3 Å². The highest BCUT2D eigenvalue weighted by molar-refractivity contribution is 7.12. The Morgan fingerprint density at radius 2 is 2.24 bits per heavy atom. The van der Waals surface area contributed by atoms with E-state index in [1.54, 1.807) is 11.0 Å². The summed E-state index contributed by atoms with van der Waals surface area (Å²) in [6.45, 7) is 5.11. The minimum absolute atomic E-state index is 0.0778. The molecule has 1 aliphatic heterocycles. The molecule has 0 aromatic carbocycles. The molecule has 2 heterocycles. The van der Waals surface area contributed by atoms with E-state index in [4.69, 9.17) is 15.7 Å². The van der Waals surface area contributed by atoms with Crippen LogP contribution in [0.5, 0.6) is 0 Å². The Bertz CT molecular complexity index is 505. The fraction of sp³-hybridized carbons (Fsp3) is 0.571. The van der Waals surface area contributed by atoms with Crippen LogP contribution in [0.3, 0.4) is 0 Å². The fourth-order valence-corrected chi connectivity index (χ4v) is 3.01. The second-order valence-electron chi connectivity index (χ2n) is 4.86. The molecule has 1 fully saturated rings. The van der Waals surface area contributed by atoms with Gasteiger partial charge in [-0.1, -0.05) is 0 Å². The number of rotatable bonds is 6. The molecule has 7 heteroatoms. The number of morpholine rings is 1. The molecule has 0 bridgehead atoms. The number of carbonyl (C=O) groups is 1. The lowest BCUT2D eigenvalue weighted by atomic mass is 10.3. The molecule has 0 atom stereocenters. The predicted molar refractivity (Wildman–Crippen MR) is 82.1 cm³/mol. The maximum absolute atomic E-state index is 12.5. The molecule has 2 rings (SSSR count). The van der Waals surface area contributed by atoms with E-state index >= 15 is 0 Å². The molecule has 0 radical (unpaired) electrons. The van der Waals surface area contributed by atoms with Gasteiger partial charge in [0.05, 0.1) is 31.4 Å². The van der Waals surface area contributed by atoms with Crippen molar-refractivity contribution in [3.8, 4) is 6.07 Å². The Hall–Kier alpha value is -1.62. The van der Waals surface area contributed by atoms with Gasteiger partial charge in [0.25, 0.3) is 5.91 Å². The minimum Gasteiger partial charge on any atom is -0.397 e. The third-order valence-corrected chi connectivity index (χ3v) is 4.38. The lowest BCUT2D eigenvalue weighted by molar-refractivity contribution is 0.0327. The SMILES string of the molecule is N#CCCN(CCN1CCOCC1)C(=O)c1sccc1N. The van der Waals surface area contributed by atoms with Crippen molar-refractivity contribution in [1.29, 1.82) is 5.26 Å². The van der Waals surface area contributed by atoms with Crippen molar-refractivity contribution in [3.05, 3.63) is 16.3 Å². The highest BCUT2D eigenvalue weighted by Crippen LogP contribution is 2.21. The van der Waals surface area contributed by atoms with Crippen LogP contribution in [0.4, 0.5) is 5.69 Å². The zero-order valence-corrected chi connectivity index (χ0v) is 12.8. The third-order valence-electron chi connectivity index (χ3n) is 3.46. The second kappa shape index (κ2) is 7.98. The molecule has 1 saturated heterocycles. The number of nitrogens with two attached hydrogens (primary N) is 1. The van der Waals surface area contributed by atoms with Gasteiger partial charge >= 0.3 is 0 Å². The quantitative estimate of drug-likeness (QED) is 0.848. The number of nitrogens with zero attached hydrogens (tertiary/aromatic N) is 3. The van der Waals surface area contributed by atoms with Gasteiger partial charge in [0.2, 0.25) is 0 Å². The summed E-state index contributed by atoms with van der Waals surface area (Å²) in [6.07, 6.45) is 0.333. The van der Waals surface area contributed by atoms with Crippen LogP contribution in [-0.4, -0.2) is 61.6 Å². The number of ether oxygens (including phenoxy) is 1. The van der Waals surface area contributed by atoms with E-state index in [-0.39, 0.29) is 5.91 Å². The third kappa shape index (κ3) is 4.43. The van der Waals surface area contributed by atoms with Gasteiger partial charge in [0.1, 0.15) is 4.88 Å². The largest absolute Gasteiger partial charge is 0.397 e. The first-order chi connectivity index (χ1) is 10.2. The Balaban J connectivity index is 1.95. The van der Waals surface area contributed by atoms with Crippen LogP contribution in [0.25, 0.3) is 0 Å². The molecule has 1 aromatic rings. The smallest absolute Gasteiger partial charge is 0.266 e. The van der Waals surface area contributed by atoms with Crippen molar-refractivity contribution >= 4 is 22.9 Å². The number of amides is 1. The number of hydrogen-bond acceptors (Lipinski definition) is 6. The van der Waals surface area contributed by atoms with Gasteiger partial charge in [-0.3, -0.25) is 9.69 Å². The molecule has 2 N–H and O–H groups in total. The van der Waals surface area contributed by atoms with Crippen LogP contribution < -0.4 is 5.73 Å². The Morgan fingerprint density at radius 3 is 2.86 bits per heavy atom. The van der Waals surface area contributed by atoms with E-state index in [1.807, 2.05) is 5.38 Å². The van der Waals surface area contributed by atoms with E-state index in [2.05, 4.69) is 11.0 Å². The minimum atomic E-state index is -0.0778. The van der Waals surface area contributed by atoms with Crippen LogP contribution >= 0.6 is 11.3 Å². The van der Waals surface area contributed by atoms with Gasteiger partial charge in [0.15, 0.2) is 0 Å². The molecule has 1 amide bonds. The molecule has 21 heavy (non-hydrogen) atoms. The fourth-order valence-electron chi connectivity index (χ4n) is 2.22. The van der Waals surface area contributed by atoms with Gasteiger partial charge in [-0.15, -0.1) is 11.3 Å². The molecule has 0 saturated carbocycles. The topological polar surface area (TPSA) is 82.6 Å². The van der Waals surface area contributed by atoms with Crippen molar-refractivity contribution in [2.75, 3.05) is 51.7 Å². The van der Waals surface area contributed by atoms with Gasteiger partial charge in [-0.05, 0) is 11.4 Å². The summed E-state index contributed by atoms with van der Waals surface area (Å²) in [5.41, 5.74) is 6.33. The Labute approximate surface area is 128 Å². The number of nitrogen functional groups attached to an aromatic ring is 1. The maximum Gasteiger partial charge on any atom is 0.266 e. The van der Waals surface area contributed by atoms with Crippen molar-refractivity contribution in [2.45, 2.75) is 6.42 Å². The number of carbonyl (C=O) groups excluding carboxylic acids is 1. The monoisotopic (exact) mass is 308 g/mol. The Morgan fingerprint density at radius 1 is 1.48 bits per heavy atom. The molecule has 0 unspecified atom stereocenters. The van der Waals surface area contributed by atoms with Crippen LogP contribution in [0.1, 0.15) is 16.1 Å². The van der Waals surface area contributed by atoms with E-state index in [0.717, 1.165) is 32.8 Å². The summed E-state index contributed by atoms with van der Waals surface area (Å²) in [5.74, 6) is -0.0778. The first-order valence-corrected chi connectivity index (χ1v) is 7.89. The van der Waals surface area contributed by atoms with Crippen LogP contribution in [0.15, 0.2) is 11.4 Å². The first-order valence-electron chi connectivity index (χ1n) is 7.01. The van der Waals surface area contributed by atoms with Crippen molar-refractivity contribution < 1.29 is 9.53 Å². The Kier molecular flexibility index (Phi) is 5.99. The van der Waals surface area contributed by atoms with Crippen molar-refractivity contribution in [3.63, 3.8) is 0 Å². The average molecular weight is 308 g/mol. The zero-order valence-electron chi connectivity index (χ0n) is 12.0. The summed E-state index contributed by atoms with van der Waals surface area (Å²) in [5, 5.41) is 10.6. The number of thiophene rings is 1. The molecular formula is C14H20N4O2S. The highest BCUT2D eigenvalue weighted by atomic mass is 32.1.